The van der Waals surface area contributed by atoms with Gasteiger partial charge in [-0.25, -0.2) is 4.68 Å². The second kappa shape index (κ2) is 8.68. The van der Waals surface area contributed by atoms with E-state index in [1.807, 2.05) is 13.1 Å². The number of rotatable bonds is 4. The summed E-state index contributed by atoms with van der Waals surface area (Å²) in [7, 11) is 3.27. The summed E-state index contributed by atoms with van der Waals surface area (Å²) in [4.78, 5) is 18.4. The molecule has 2 aromatic rings. The summed E-state index contributed by atoms with van der Waals surface area (Å²) >= 11 is 0. The number of aliphatic imine (C=N–C) groups is 1. The van der Waals surface area contributed by atoms with Gasteiger partial charge in [0, 0.05) is 25.8 Å². The molecule has 0 bridgehead atoms. The number of carbonyl (C=O) groups is 1. The van der Waals surface area contributed by atoms with Crippen LogP contribution in [0.4, 0.5) is 0 Å². The first-order valence-electron chi connectivity index (χ1n) is 10.4. The van der Waals surface area contributed by atoms with E-state index < -0.39 is 0 Å². The summed E-state index contributed by atoms with van der Waals surface area (Å²) in [6, 6.07) is 10.3. The highest BCUT2D eigenvalue weighted by Gasteiger charge is 2.28. The predicted octanol–water partition coefficient (Wildman–Crippen LogP) is 2.32. The molecule has 4 rings (SSSR count). The number of carbonyl (C=O) groups excluding carboxylic acids is 1. The average Bonchev–Trinajstić information content (AvgIpc) is 3.38. The number of para-hydroxylation sites is 1. The summed E-state index contributed by atoms with van der Waals surface area (Å²) < 4.78 is 6.99. The maximum absolute atomic E-state index is 11.8. The summed E-state index contributed by atoms with van der Waals surface area (Å²) in [5, 5.41) is 8.41. The van der Waals surface area contributed by atoms with Crippen molar-refractivity contribution < 1.29 is 9.53 Å². The Kier molecular flexibility index (Phi) is 5.83. The van der Waals surface area contributed by atoms with Crippen LogP contribution >= 0.6 is 0 Å². The Hall–Kier alpha value is -2.83. The van der Waals surface area contributed by atoms with Crippen LogP contribution in [0.1, 0.15) is 36.2 Å². The van der Waals surface area contributed by atoms with Gasteiger partial charge in [-0.3, -0.25) is 9.79 Å². The normalized spacial score (nSPS) is 17.3. The van der Waals surface area contributed by atoms with Crippen LogP contribution in [0.25, 0.3) is 5.69 Å². The van der Waals surface area contributed by atoms with Gasteiger partial charge in [-0.1, -0.05) is 18.2 Å². The molecular weight excluding hydrogens is 366 g/mol. The second-order valence-corrected chi connectivity index (χ2v) is 7.66. The predicted molar refractivity (Wildman–Crippen MR) is 112 cm³/mol. The van der Waals surface area contributed by atoms with Crippen LogP contribution in [0, 0.1) is 5.92 Å². The van der Waals surface area contributed by atoms with Gasteiger partial charge in [0.05, 0.1) is 31.0 Å². The van der Waals surface area contributed by atoms with Crippen molar-refractivity contribution in [3.63, 3.8) is 0 Å². The molecular formula is C22H29N5O2. The van der Waals surface area contributed by atoms with Crippen LogP contribution in [0.15, 0.2) is 35.3 Å². The van der Waals surface area contributed by atoms with E-state index >= 15 is 0 Å². The third kappa shape index (κ3) is 3.99. The number of benzene rings is 1. The molecule has 0 spiro atoms. The fourth-order valence-electron chi connectivity index (χ4n) is 4.43. The van der Waals surface area contributed by atoms with Crippen molar-refractivity contribution in [2.45, 2.75) is 38.6 Å². The number of hydrogen-bond acceptors (Lipinski definition) is 4. The Bertz CT molecular complexity index is 882. The van der Waals surface area contributed by atoms with E-state index in [9.17, 15) is 4.79 Å². The molecule has 0 saturated carbocycles. The Morgan fingerprint density at radius 1 is 1.24 bits per heavy atom. The van der Waals surface area contributed by atoms with Crippen LogP contribution in [0.2, 0.25) is 0 Å². The highest BCUT2D eigenvalue weighted by Crippen LogP contribution is 2.28. The van der Waals surface area contributed by atoms with Gasteiger partial charge in [0.1, 0.15) is 0 Å². The summed E-state index contributed by atoms with van der Waals surface area (Å²) in [5.41, 5.74) is 4.93. The smallest absolute Gasteiger partial charge is 0.308 e. The van der Waals surface area contributed by atoms with Crippen LogP contribution < -0.4 is 5.32 Å². The van der Waals surface area contributed by atoms with Gasteiger partial charge in [0.25, 0.3) is 0 Å². The Labute approximate surface area is 171 Å². The first-order valence-corrected chi connectivity index (χ1v) is 10.4. The molecule has 1 aromatic heterocycles. The number of aromatic nitrogens is 2. The van der Waals surface area contributed by atoms with Crippen molar-refractivity contribution in [3.05, 3.63) is 47.3 Å². The summed E-state index contributed by atoms with van der Waals surface area (Å²) in [6.07, 6.45) is 4.94. The van der Waals surface area contributed by atoms with E-state index in [4.69, 9.17) is 9.84 Å². The SMILES string of the molecule is CN=C(NCc1nn(-c2ccccc2)c2c1CCC2)N1CCC(C(=O)OC)CC1. The molecule has 0 atom stereocenters. The molecule has 2 aliphatic rings. The number of piperidine rings is 1. The van der Waals surface area contributed by atoms with Crippen molar-refractivity contribution in [2.24, 2.45) is 10.9 Å². The quantitative estimate of drug-likeness (QED) is 0.489. The van der Waals surface area contributed by atoms with Gasteiger partial charge in [-0.05, 0) is 49.8 Å². The van der Waals surface area contributed by atoms with Crippen LogP contribution in [0.5, 0.6) is 0 Å². The first kappa shape index (κ1) is 19.5. The molecule has 1 aliphatic heterocycles. The first-order chi connectivity index (χ1) is 14.2. The molecule has 1 aromatic carbocycles. The van der Waals surface area contributed by atoms with E-state index in [-0.39, 0.29) is 11.9 Å². The molecule has 7 nitrogen and oxygen atoms in total. The molecule has 154 valence electrons. The van der Waals surface area contributed by atoms with Gasteiger partial charge < -0.3 is 15.0 Å². The minimum atomic E-state index is -0.102. The van der Waals surface area contributed by atoms with E-state index in [1.54, 1.807) is 0 Å². The monoisotopic (exact) mass is 395 g/mol. The lowest BCUT2D eigenvalue weighted by atomic mass is 9.97. The largest absolute Gasteiger partial charge is 0.469 e. The molecule has 2 heterocycles. The van der Waals surface area contributed by atoms with E-state index in [2.05, 4.69) is 44.2 Å². The number of ether oxygens (including phenoxy) is 1. The Morgan fingerprint density at radius 2 is 2.00 bits per heavy atom. The highest BCUT2D eigenvalue weighted by molar-refractivity contribution is 5.80. The number of methoxy groups -OCH3 is 1. The zero-order valence-corrected chi connectivity index (χ0v) is 17.2. The van der Waals surface area contributed by atoms with Crippen LogP contribution in [-0.4, -0.2) is 53.9 Å². The van der Waals surface area contributed by atoms with Crippen LogP contribution in [0.3, 0.4) is 0 Å². The van der Waals surface area contributed by atoms with Gasteiger partial charge in [-0.2, -0.15) is 5.10 Å². The van der Waals surface area contributed by atoms with E-state index in [0.717, 1.165) is 56.1 Å². The number of nitrogens with one attached hydrogen (secondary N) is 1. The van der Waals surface area contributed by atoms with Gasteiger partial charge in [0.15, 0.2) is 5.96 Å². The topological polar surface area (TPSA) is 71.8 Å². The molecule has 1 saturated heterocycles. The third-order valence-corrected chi connectivity index (χ3v) is 5.97. The number of likely N-dealkylation sites (tertiary alicyclic amines) is 1. The zero-order chi connectivity index (χ0) is 20.2. The van der Waals surface area contributed by atoms with Crippen molar-refractivity contribution in [1.82, 2.24) is 20.0 Å². The van der Waals surface area contributed by atoms with Crippen molar-refractivity contribution in [2.75, 3.05) is 27.2 Å². The maximum atomic E-state index is 11.8. The number of esters is 1. The van der Waals surface area contributed by atoms with E-state index in [1.165, 1.54) is 24.8 Å². The lowest BCUT2D eigenvalue weighted by Crippen LogP contribution is -2.46. The third-order valence-electron chi connectivity index (χ3n) is 5.97. The fraction of sp³-hybridized carbons (Fsp3) is 0.500. The molecule has 0 amide bonds. The highest BCUT2D eigenvalue weighted by atomic mass is 16.5. The molecule has 0 unspecified atom stereocenters. The van der Waals surface area contributed by atoms with Crippen LogP contribution in [-0.2, 0) is 28.9 Å². The number of guanidine groups is 1. The van der Waals surface area contributed by atoms with Gasteiger partial charge in [0.2, 0.25) is 0 Å². The Morgan fingerprint density at radius 3 is 2.69 bits per heavy atom. The number of fused-ring (bicyclic) bond motifs is 1. The standard InChI is InChI=1S/C22H29N5O2/c1-23-22(26-13-11-16(12-14-26)21(28)29-2)24-15-19-18-9-6-10-20(18)27(25-19)17-7-4-3-5-8-17/h3-5,7-8,16H,6,9-15H2,1-2H3,(H,23,24). The lowest BCUT2D eigenvalue weighted by molar-refractivity contribution is -0.146. The number of hydrogen-bond donors (Lipinski definition) is 1. The molecule has 1 fully saturated rings. The molecule has 1 aliphatic carbocycles. The van der Waals surface area contributed by atoms with Gasteiger partial charge in [-0.15, -0.1) is 0 Å². The van der Waals surface area contributed by atoms with E-state index in [0.29, 0.717) is 6.54 Å². The minimum Gasteiger partial charge on any atom is -0.469 e. The van der Waals surface area contributed by atoms with Crippen molar-refractivity contribution >= 4 is 11.9 Å². The summed E-state index contributed by atoms with van der Waals surface area (Å²) in [6.45, 7) is 2.26. The minimum absolute atomic E-state index is 0.000744. The molecule has 7 heteroatoms. The maximum Gasteiger partial charge on any atom is 0.308 e. The second-order valence-electron chi connectivity index (χ2n) is 7.66. The number of nitrogens with zero attached hydrogens (tertiary/aromatic N) is 4. The molecule has 1 N–H and O–H groups in total. The lowest BCUT2D eigenvalue weighted by Gasteiger charge is -2.33. The average molecular weight is 396 g/mol. The van der Waals surface area contributed by atoms with Gasteiger partial charge >= 0.3 is 5.97 Å². The van der Waals surface area contributed by atoms with Crippen molar-refractivity contribution in [3.8, 4) is 5.69 Å². The Balaban J connectivity index is 1.43. The summed E-state index contributed by atoms with van der Waals surface area (Å²) in [5.74, 6) is 0.767. The molecule has 29 heavy (non-hydrogen) atoms. The molecule has 0 radical (unpaired) electrons. The fourth-order valence-corrected chi connectivity index (χ4v) is 4.43. The zero-order valence-electron chi connectivity index (χ0n) is 17.2. The van der Waals surface area contributed by atoms with Crippen molar-refractivity contribution in [1.29, 1.82) is 0 Å².